The van der Waals surface area contributed by atoms with Crippen LogP contribution in [0.15, 0.2) is 30.3 Å². The van der Waals surface area contributed by atoms with Crippen LogP contribution in [0.1, 0.15) is 39.2 Å². The summed E-state index contributed by atoms with van der Waals surface area (Å²) in [6.07, 6.45) is 2.04. The second-order valence-corrected chi connectivity index (χ2v) is 5.76. The Morgan fingerprint density at radius 2 is 1.89 bits per heavy atom. The van der Waals surface area contributed by atoms with E-state index in [-0.39, 0.29) is 5.41 Å². The first-order chi connectivity index (χ1) is 8.95. The first-order valence-corrected chi connectivity index (χ1v) is 7.06. The molecular formula is C16H27N3. The molecule has 0 atom stereocenters. The van der Waals surface area contributed by atoms with Gasteiger partial charge in [0.05, 0.1) is 5.84 Å². The molecule has 0 radical (unpaired) electrons. The first kappa shape index (κ1) is 15.7. The predicted molar refractivity (Wildman–Crippen MR) is 82.3 cm³/mol. The van der Waals surface area contributed by atoms with E-state index in [2.05, 4.69) is 42.2 Å². The van der Waals surface area contributed by atoms with Gasteiger partial charge in [0.1, 0.15) is 0 Å². The Hall–Kier alpha value is -1.35. The quantitative estimate of drug-likeness (QED) is 0.557. The van der Waals surface area contributed by atoms with Gasteiger partial charge in [-0.05, 0) is 31.5 Å². The molecule has 0 bridgehead atoms. The highest BCUT2D eigenvalue weighted by atomic mass is 15.1. The first-order valence-electron chi connectivity index (χ1n) is 7.06. The van der Waals surface area contributed by atoms with Gasteiger partial charge in [0.2, 0.25) is 0 Å². The van der Waals surface area contributed by atoms with Crippen LogP contribution >= 0.6 is 0 Å². The van der Waals surface area contributed by atoms with Crippen molar-refractivity contribution in [1.82, 2.24) is 4.90 Å². The lowest BCUT2D eigenvalue weighted by molar-refractivity contribution is 0.262. The van der Waals surface area contributed by atoms with Gasteiger partial charge in [-0.3, -0.25) is 10.3 Å². The minimum absolute atomic E-state index is 0.174. The number of benzene rings is 1. The molecule has 3 nitrogen and oxygen atoms in total. The number of nitrogens with one attached hydrogen (secondary N) is 1. The van der Waals surface area contributed by atoms with E-state index >= 15 is 0 Å². The van der Waals surface area contributed by atoms with Gasteiger partial charge in [0, 0.05) is 12.0 Å². The summed E-state index contributed by atoms with van der Waals surface area (Å²) in [6.45, 7) is 9.39. The summed E-state index contributed by atoms with van der Waals surface area (Å²) in [4.78, 5) is 2.44. The standard InChI is InChI=1S/C16H27N3/c1-4-19(13-14-9-6-5-7-10-14)12-8-11-16(2,3)15(17)18/h5-7,9-10H,4,8,11-13H2,1-3H3,(H3,17,18). The van der Waals surface area contributed by atoms with Gasteiger partial charge in [0.25, 0.3) is 0 Å². The highest BCUT2D eigenvalue weighted by Gasteiger charge is 2.21. The van der Waals surface area contributed by atoms with Gasteiger partial charge in [-0.2, -0.15) is 0 Å². The Morgan fingerprint density at radius 3 is 2.42 bits per heavy atom. The molecule has 0 saturated carbocycles. The van der Waals surface area contributed by atoms with Crippen molar-refractivity contribution in [3.05, 3.63) is 35.9 Å². The monoisotopic (exact) mass is 261 g/mol. The highest BCUT2D eigenvalue weighted by molar-refractivity contribution is 5.82. The molecule has 0 amide bonds. The smallest absolute Gasteiger partial charge is 0.0963 e. The summed E-state index contributed by atoms with van der Waals surface area (Å²) >= 11 is 0. The normalized spacial score (nSPS) is 11.8. The van der Waals surface area contributed by atoms with E-state index in [1.807, 2.05) is 13.8 Å². The third kappa shape index (κ3) is 5.43. The lowest BCUT2D eigenvalue weighted by Crippen LogP contribution is -2.32. The third-order valence-corrected chi connectivity index (χ3v) is 3.70. The average Bonchev–Trinajstić information content (AvgIpc) is 2.38. The molecule has 1 aromatic carbocycles. The van der Waals surface area contributed by atoms with E-state index in [0.717, 1.165) is 32.5 Å². The maximum Gasteiger partial charge on any atom is 0.0963 e. The van der Waals surface area contributed by atoms with E-state index in [1.54, 1.807) is 0 Å². The van der Waals surface area contributed by atoms with E-state index in [1.165, 1.54) is 5.56 Å². The molecule has 3 N–H and O–H groups in total. The topological polar surface area (TPSA) is 53.1 Å². The van der Waals surface area contributed by atoms with Crippen LogP contribution in [-0.4, -0.2) is 23.8 Å². The van der Waals surface area contributed by atoms with Crippen molar-refractivity contribution in [1.29, 1.82) is 5.41 Å². The largest absolute Gasteiger partial charge is 0.387 e. The molecule has 0 aromatic heterocycles. The number of amidine groups is 1. The van der Waals surface area contributed by atoms with Crippen LogP contribution in [0.4, 0.5) is 0 Å². The number of nitrogens with two attached hydrogens (primary N) is 1. The summed E-state index contributed by atoms with van der Waals surface area (Å²) in [5.74, 6) is 0.290. The van der Waals surface area contributed by atoms with Gasteiger partial charge in [-0.1, -0.05) is 51.1 Å². The van der Waals surface area contributed by atoms with E-state index in [9.17, 15) is 0 Å². The number of rotatable bonds is 8. The molecule has 1 aromatic rings. The minimum Gasteiger partial charge on any atom is -0.387 e. The zero-order valence-corrected chi connectivity index (χ0v) is 12.4. The highest BCUT2D eigenvalue weighted by Crippen LogP contribution is 2.22. The van der Waals surface area contributed by atoms with Crippen LogP contribution in [0.2, 0.25) is 0 Å². The molecule has 3 heteroatoms. The maximum atomic E-state index is 7.57. The van der Waals surface area contributed by atoms with Gasteiger partial charge in [0.15, 0.2) is 0 Å². The zero-order valence-electron chi connectivity index (χ0n) is 12.4. The lowest BCUT2D eigenvalue weighted by atomic mass is 9.86. The van der Waals surface area contributed by atoms with E-state index in [0.29, 0.717) is 5.84 Å². The second kappa shape index (κ2) is 7.29. The van der Waals surface area contributed by atoms with Gasteiger partial charge in [-0.15, -0.1) is 0 Å². The molecule has 0 aliphatic carbocycles. The Morgan fingerprint density at radius 1 is 1.26 bits per heavy atom. The fourth-order valence-corrected chi connectivity index (χ4v) is 2.07. The summed E-state index contributed by atoms with van der Waals surface area (Å²) in [5, 5.41) is 7.57. The number of hydrogen-bond donors (Lipinski definition) is 2. The minimum atomic E-state index is -0.174. The van der Waals surface area contributed by atoms with Crippen molar-refractivity contribution in [2.75, 3.05) is 13.1 Å². The molecule has 0 aliphatic rings. The Balaban J connectivity index is 2.40. The Kier molecular flexibility index (Phi) is 6.03. The fraction of sp³-hybridized carbons (Fsp3) is 0.562. The molecule has 0 saturated heterocycles. The van der Waals surface area contributed by atoms with Gasteiger partial charge in [-0.25, -0.2) is 0 Å². The van der Waals surface area contributed by atoms with E-state index in [4.69, 9.17) is 11.1 Å². The summed E-state index contributed by atoms with van der Waals surface area (Å²) in [6, 6.07) is 10.6. The molecule has 0 unspecified atom stereocenters. The van der Waals surface area contributed by atoms with Crippen molar-refractivity contribution in [2.24, 2.45) is 11.1 Å². The van der Waals surface area contributed by atoms with Crippen LogP contribution in [0, 0.1) is 10.8 Å². The molecule has 1 rings (SSSR count). The molecule has 106 valence electrons. The molecule has 0 heterocycles. The molecular weight excluding hydrogens is 234 g/mol. The Bertz CT molecular complexity index is 384. The molecule has 0 fully saturated rings. The van der Waals surface area contributed by atoms with Crippen LogP contribution in [0.3, 0.4) is 0 Å². The molecule has 0 aliphatic heterocycles. The summed E-state index contributed by atoms with van der Waals surface area (Å²) in [5.41, 5.74) is 6.80. The fourth-order valence-electron chi connectivity index (χ4n) is 2.07. The van der Waals surface area contributed by atoms with Crippen molar-refractivity contribution in [3.63, 3.8) is 0 Å². The predicted octanol–water partition coefficient (Wildman–Crippen LogP) is 3.25. The Labute approximate surface area is 117 Å². The molecule has 0 spiro atoms. The number of hydrogen-bond acceptors (Lipinski definition) is 2. The van der Waals surface area contributed by atoms with Crippen LogP contribution in [-0.2, 0) is 6.54 Å². The average molecular weight is 261 g/mol. The maximum absolute atomic E-state index is 7.57. The van der Waals surface area contributed by atoms with E-state index < -0.39 is 0 Å². The van der Waals surface area contributed by atoms with Crippen LogP contribution < -0.4 is 5.73 Å². The van der Waals surface area contributed by atoms with Crippen molar-refractivity contribution in [2.45, 2.75) is 40.2 Å². The van der Waals surface area contributed by atoms with Gasteiger partial charge >= 0.3 is 0 Å². The second-order valence-electron chi connectivity index (χ2n) is 5.76. The van der Waals surface area contributed by atoms with Crippen molar-refractivity contribution < 1.29 is 0 Å². The number of nitrogens with zero attached hydrogens (tertiary/aromatic N) is 1. The SMILES string of the molecule is CCN(CCCC(C)(C)C(=N)N)Cc1ccccc1. The van der Waals surface area contributed by atoms with Crippen LogP contribution in [0.25, 0.3) is 0 Å². The molecule has 19 heavy (non-hydrogen) atoms. The summed E-state index contributed by atoms with van der Waals surface area (Å²) < 4.78 is 0. The third-order valence-electron chi connectivity index (χ3n) is 3.70. The lowest BCUT2D eigenvalue weighted by Gasteiger charge is -2.25. The van der Waals surface area contributed by atoms with Gasteiger partial charge < -0.3 is 5.73 Å². The van der Waals surface area contributed by atoms with Crippen molar-refractivity contribution >= 4 is 5.84 Å². The van der Waals surface area contributed by atoms with Crippen LogP contribution in [0.5, 0.6) is 0 Å². The summed E-state index contributed by atoms with van der Waals surface area (Å²) in [7, 11) is 0. The van der Waals surface area contributed by atoms with Crippen molar-refractivity contribution in [3.8, 4) is 0 Å². The zero-order chi connectivity index (χ0) is 14.3.